The Hall–Kier alpha value is -1.26. The first-order chi connectivity index (χ1) is 9.13. The fourth-order valence-corrected chi connectivity index (χ4v) is 2.35. The summed E-state index contributed by atoms with van der Waals surface area (Å²) in [4.78, 5) is 11.6. The van der Waals surface area contributed by atoms with Crippen molar-refractivity contribution < 1.29 is 9.53 Å². The van der Waals surface area contributed by atoms with Gasteiger partial charge in [0, 0.05) is 24.2 Å². The fraction of sp³-hybridized carbons (Fsp3) is 0.533. The van der Waals surface area contributed by atoms with Gasteiger partial charge in [0.2, 0.25) is 5.91 Å². The van der Waals surface area contributed by atoms with Gasteiger partial charge in [0.25, 0.3) is 0 Å². The molecule has 1 aromatic carbocycles. The van der Waals surface area contributed by atoms with Crippen LogP contribution in [-0.2, 0) is 4.79 Å². The van der Waals surface area contributed by atoms with E-state index < -0.39 is 0 Å². The number of nitrogens with one attached hydrogen (secondary N) is 1. The Morgan fingerprint density at radius 3 is 2.80 bits per heavy atom. The SMILES string of the molecule is CC(N)CC(=O)Nc1cccc(OC2CCCC2)c1.Cl. The van der Waals surface area contributed by atoms with E-state index in [4.69, 9.17) is 10.5 Å². The molecule has 4 nitrogen and oxygen atoms in total. The van der Waals surface area contributed by atoms with Gasteiger partial charge in [0.1, 0.15) is 5.75 Å². The van der Waals surface area contributed by atoms with Gasteiger partial charge in [-0.25, -0.2) is 0 Å². The molecule has 0 saturated heterocycles. The molecular formula is C15H23ClN2O2. The number of rotatable bonds is 5. The van der Waals surface area contributed by atoms with Crippen molar-refractivity contribution in [3.8, 4) is 5.75 Å². The molecule has 0 aliphatic heterocycles. The van der Waals surface area contributed by atoms with Crippen LogP contribution in [0.5, 0.6) is 5.75 Å². The van der Waals surface area contributed by atoms with E-state index in [1.807, 2.05) is 31.2 Å². The lowest BCUT2D eigenvalue weighted by molar-refractivity contribution is -0.116. The second-order valence-electron chi connectivity index (χ2n) is 5.28. The maximum absolute atomic E-state index is 11.6. The van der Waals surface area contributed by atoms with Crippen LogP contribution in [0.15, 0.2) is 24.3 Å². The van der Waals surface area contributed by atoms with Crippen LogP contribution < -0.4 is 15.8 Å². The number of carbonyl (C=O) groups excluding carboxylic acids is 1. The van der Waals surface area contributed by atoms with Gasteiger partial charge in [0.05, 0.1) is 6.10 Å². The van der Waals surface area contributed by atoms with Crippen molar-refractivity contribution in [3.63, 3.8) is 0 Å². The molecule has 1 amide bonds. The maximum atomic E-state index is 11.6. The van der Waals surface area contributed by atoms with E-state index in [1.165, 1.54) is 12.8 Å². The van der Waals surface area contributed by atoms with Gasteiger partial charge in [0.15, 0.2) is 0 Å². The Kier molecular flexibility index (Phi) is 6.82. The van der Waals surface area contributed by atoms with Gasteiger partial charge in [-0.3, -0.25) is 4.79 Å². The van der Waals surface area contributed by atoms with Crippen LogP contribution in [0.3, 0.4) is 0 Å². The van der Waals surface area contributed by atoms with Crippen molar-refractivity contribution in [2.24, 2.45) is 5.73 Å². The minimum atomic E-state index is -0.127. The average molecular weight is 299 g/mol. The van der Waals surface area contributed by atoms with Gasteiger partial charge in [-0.1, -0.05) is 6.07 Å². The van der Waals surface area contributed by atoms with Crippen LogP contribution in [0, 0.1) is 0 Å². The van der Waals surface area contributed by atoms with Crippen molar-refractivity contribution in [1.29, 1.82) is 0 Å². The highest BCUT2D eigenvalue weighted by Gasteiger charge is 2.16. The zero-order chi connectivity index (χ0) is 13.7. The number of ether oxygens (including phenoxy) is 1. The Bertz CT molecular complexity index is 432. The summed E-state index contributed by atoms with van der Waals surface area (Å²) >= 11 is 0. The Balaban J connectivity index is 0.00000200. The van der Waals surface area contributed by atoms with Crippen LogP contribution in [0.2, 0.25) is 0 Å². The molecule has 112 valence electrons. The summed E-state index contributed by atoms with van der Waals surface area (Å²) in [6, 6.07) is 7.43. The Labute approximate surface area is 126 Å². The Morgan fingerprint density at radius 2 is 2.15 bits per heavy atom. The highest BCUT2D eigenvalue weighted by atomic mass is 35.5. The molecule has 3 N–H and O–H groups in total. The van der Waals surface area contributed by atoms with Crippen molar-refractivity contribution >= 4 is 24.0 Å². The average Bonchev–Trinajstić information content (AvgIpc) is 2.81. The lowest BCUT2D eigenvalue weighted by atomic mass is 10.2. The van der Waals surface area contributed by atoms with Gasteiger partial charge in [-0.15, -0.1) is 12.4 Å². The maximum Gasteiger partial charge on any atom is 0.225 e. The summed E-state index contributed by atoms with van der Waals surface area (Å²) in [7, 11) is 0. The van der Waals surface area contributed by atoms with E-state index in [1.54, 1.807) is 0 Å². The summed E-state index contributed by atoms with van der Waals surface area (Å²) in [5, 5.41) is 2.84. The zero-order valence-corrected chi connectivity index (χ0v) is 12.6. The van der Waals surface area contributed by atoms with E-state index >= 15 is 0 Å². The summed E-state index contributed by atoms with van der Waals surface area (Å²) < 4.78 is 5.90. The summed E-state index contributed by atoms with van der Waals surface area (Å²) in [6.45, 7) is 1.82. The van der Waals surface area contributed by atoms with Crippen LogP contribution in [-0.4, -0.2) is 18.1 Å². The first kappa shape index (κ1) is 16.8. The van der Waals surface area contributed by atoms with Crippen molar-refractivity contribution in [3.05, 3.63) is 24.3 Å². The number of carbonyl (C=O) groups is 1. The van der Waals surface area contributed by atoms with Crippen LogP contribution >= 0.6 is 12.4 Å². The number of hydrogen-bond donors (Lipinski definition) is 2. The molecule has 2 rings (SSSR count). The smallest absolute Gasteiger partial charge is 0.225 e. The minimum absolute atomic E-state index is 0. The third kappa shape index (κ3) is 5.39. The number of hydrogen-bond acceptors (Lipinski definition) is 3. The van der Waals surface area contributed by atoms with E-state index in [9.17, 15) is 4.79 Å². The topological polar surface area (TPSA) is 64.4 Å². The van der Waals surface area contributed by atoms with Gasteiger partial charge >= 0.3 is 0 Å². The van der Waals surface area contributed by atoms with Gasteiger partial charge in [-0.2, -0.15) is 0 Å². The molecule has 1 aliphatic carbocycles. The summed E-state index contributed by atoms with van der Waals surface area (Å²) in [6.07, 6.45) is 5.40. The largest absolute Gasteiger partial charge is 0.490 e. The van der Waals surface area contributed by atoms with Gasteiger partial charge in [-0.05, 0) is 44.7 Å². The first-order valence-electron chi connectivity index (χ1n) is 6.95. The van der Waals surface area contributed by atoms with E-state index in [0.29, 0.717) is 12.5 Å². The minimum Gasteiger partial charge on any atom is -0.490 e. The molecule has 0 bridgehead atoms. The number of benzene rings is 1. The van der Waals surface area contributed by atoms with E-state index in [-0.39, 0.29) is 24.4 Å². The molecule has 20 heavy (non-hydrogen) atoms. The molecule has 1 aromatic rings. The molecule has 0 spiro atoms. The standard InChI is InChI=1S/C15H22N2O2.ClH/c1-11(16)9-15(18)17-12-5-4-8-14(10-12)19-13-6-2-3-7-13;/h4-5,8,10-11,13H,2-3,6-7,9,16H2,1H3,(H,17,18);1H. The molecule has 0 heterocycles. The van der Waals surface area contributed by atoms with Gasteiger partial charge < -0.3 is 15.8 Å². The molecule has 1 saturated carbocycles. The lowest BCUT2D eigenvalue weighted by Crippen LogP contribution is -2.24. The molecule has 1 atom stereocenters. The molecule has 0 radical (unpaired) electrons. The third-order valence-electron chi connectivity index (χ3n) is 3.23. The second kappa shape index (κ2) is 8.12. The zero-order valence-electron chi connectivity index (χ0n) is 11.8. The number of nitrogens with two attached hydrogens (primary N) is 1. The van der Waals surface area contributed by atoms with Crippen LogP contribution in [0.25, 0.3) is 0 Å². The Morgan fingerprint density at radius 1 is 1.45 bits per heavy atom. The van der Waals surface area contributed by atoms with E-state index in [2.05, 4.69) is 5.32 Å². The highest BCUT2D eigenvalue weighted by Crippen LogP contribution is 2.25. The predicted molar refractivity (Wildman–Crippen MR) is 83.5 cm³/mol. The van der Waals surface area contributed by atoms with E-state index in [0.717, 1.165) is 24.3 Å². The normalized spacial score (nSPS) is 16.3. The molecule has 0 aromatic heterocycles. The molecule has 1 unspecified atom stereocenters. The van der Waals surface area contributed by atoms with Crippen molar-refractivity contribution in [2.45, 2.75) is 51.2 Å². The summed E-state index contributed by atoms with van der Waals surface area (Å²) in [5.74, 6) is 0.763. The first-order valence-corrected chi connectivity index (χ1v) is 6.95. The fourth-order valence-electron chi connectivity index (χ4n) is 2.35. The number of anilines is 1. The summed E-state index contributed by atoms with van der Waals surface area (Å²) in [5.41, 5.74) is 6.37. The number of amides is 1. The molecule has 1 fully saturated rings. The van der Waals surface area contributed by atoms with Crippen LogP contribution in [0.1, 0.15) is 39.0 Å². The van der Waals surface area contributed by atoms with Crippen LogP contribution in [0.4, 0.5) is 5.69 Å². The second-order valence-corrected chi connectivity index (χ2v) is 5.28. The van der Waals surface area contributed by atoms with Crippen molar-refractivity contribution in [2.75, 3.05) is 5.32 Å². The predicted octanol–water partition coefficient (Wildman–Crippen LogP) is 3.11. The molecule has 5 heteroatoms. The molecular weight excluding hydrogens is 276 g/mol. The van der Waals surface area contributed by atoms with Crippen molar-refractivity contribution in [1.82, 2.24) is 0 Å². The lowest BCUT2D eigenvalue weighted by Gasteiger charge is -2.14. The third-order valence-corrected chi connectivity index (χ3v) is 3.23. The quantitative estimate of drug-likeness (QED) is 0.878. The highest BCUT2D eigenvalue weighted by molar-refractivity contribution is 5.91. The monoisotopic (exact) mass is 298 g/mol. The number of halogens is 1. The molecule has 1 aliphatic rings.